The van der Waals surface area contributed by atoms with Gasteiger partial charge < -0.3 is 14.8 Å². The van der Waals surface area contributed by atoms with Crippen molar-refractivity contribution >= 4 is 5.82 Å². The van der Waals surface area contributed by atoms with Crippen molar-refractivity contribution in [2.75, 3.05) is 45.2 Å². The van der Waals surface area contributed by atoms with E-state index in [1.165, 1.54) is 6.33 Å². The SMILES string of the molecule is CCN1CCOC(CNc2ncnc(OC)c2C)C1. The highest BCUT2D eigenvalue weighted by Crippen LogP contribution is 2.19. The molecule has 106 valence electrons. The van der Waals surface area contributed by atoms with Gasteiger partial charge in [-0.3, -0.25) is 4.90 Å². The molecule has 0 spiro atoms. The maximum atomic E-state index is 5.75. The molecule has 1 N–H and O–H groups in total. The molecule has 0 bridgehead atoms. The van der Waals surface area contributed by atoms with Gasteiger partial charge in [-0.05, 0) is 13.5 Å². The number of likely N-dealkylation sites (N-methyl/N-ethyl adjacent to an activating group) is 1. The van der Waals surface area contributed by atoms with Gasteiger partial charge in [0.25, 0.3) is 0 Å². The van der Waals surface area contributed by atoms with E-state index in [-0.39, 0.29) is 6.10 Å². The summed E-state index contributed by atoms with van der Waals surface area (Å²) in [5, 5.41) is 3.32. The fourth-order valence-electron chi connectivity index (χ4n) is 2.22. The normalized spacial score (nSPS) is 20.3. The summed E-state index contributed by atoms with van der Waals surface area (Å²) in [6.45, 7) is 8.72. The van der Waals surface area contributed by atoms with Gasteiger partial charge in [-0.15, -0.1) is 0 Å². The first kappa shape index (κ1) is 14.0. The number of anilines is 1. The summed E-state index contributed by atoms with van der Waals surface area (Å²) in [5.41, 5.74) is 0.924. The number of nitrogens with one attached hydrogen (secondary N) is 1. The van der Waals surface area contributed by atoms with Gasteiger partial charge in [-0.25, -0.2) is 9.97 Å². The van der Waals surface area contributed by atoms with Gasteiger partial charge >= 0.3 is 0 Å². The third-order valence-electron chi connectivity index (χ3n) is 3.40. The van der Waals surface area contributed by atoms with Gasteiger partial charge in [0, 0.05) is 19.6 Å². The molecule has 1 aliphatic rings. The summed E-state index contributed by atoms with van der Waals surface area (Å²) < 4.78 is 10.9. The quantitative estimate of drug-likeness (QED) is 0.855. The molecule has 6 heteroatoms. The van der Waals surface area contributed by atoms with Crippen molar-refractivity contribution in [2.45, 2.75) is 20.0 Å². The molecule has 0 amide bonds. The second-order valence-corrected chi connectivity index (χ2v) is 4.62. The summed E-state index contributed by atoms with van der Waals surface area (Å²) in [7, 11) is 1.61. The molecular formula is C13H22N4O2. The monoisotopic (exact) mass is 266 g/mol. The Balaban J connectivity index is 1.91. The summed E-state index contributed by atoms with van der Waals surface area (Å²) in [6, 6.07) is 0. The molecule has 0 aliphatic carbocycles. The average molecular weight is 266 g/mol. The highest BCUT2D eigenvalue weighted by atomic mass is 16.5. The van der Waals surface area contributed by atoms with Gasteiger partial charge in [-0.1, -0.05) is 6.92 Å². The van der Waals surface area contributed by atoms with E-state index in [0.29, 0.717) is 5.88 Å². The number of morpholine rings is 1. The van der Waals surface area contributed by atoms with E-state index in [9.17, 15) is 0 Å². The molecule has 6 nitrogen and oxygen atoms in total. The van der Waals surface area contributed by atoms with Crippen molar-refractivity contribution < 1.29 is 9.47 Å². The largest absolute Gasteiger partial charge is 0.481 e. The third-order valence-corrected chi connectivity index (χ3v) is 3.40. The number of rotatable bonds is 5. The van der Waals surface area contributed by atoms with Crippen molar-refractivity contribution in [1.29, 1.82) is 0 Å². The molecule has 1 fully saturated rings. The van der Waals surface area contributed by atoms with Crippen LogP contribution in [0.4, 0.5) is 5.82 Å². The Bertz CT molecular complexity index is 414. The highest BCUT2D eigenvalue weighted by molar-refractivity contribution is 5.47. The Kier molecular flexibility index (Phi) is 4.93. The van der Waals surface area contributed by atoms with E-state index in [2.05, 4.69) is 27.1 Å². The summed E-state index contributed by atoms with van der Waals surface area (Å²) >= 11 is 0. The molecule has 19 heavy (non-hydrogen) atoms. The zero-order valence-corrected chi connectivity index (χ0v) is 11.8. The van der Waals surface area contributed by atoms with Crippen LogP contribution in [0, 0.1) is 6.92 Å². The number of aromatic nitrogens is 2. The molecule has 1 aliphatic heterocycles. The fraction of sp³-hybridized carbons (Fsp3) is 0.692. The lowest BCUT2D eigenvalue weighted by Crippen LogP contribution is -2.45. The van der Waals surface area contributed by atoms with E-state index in [4.69, 9.17) is 9.47 Å². The number of hydrogen-bond acceptors (Lipinski definition) is 6. The molecule has 1 atom stereocenters. The summed E-state index contributed by atoms with van der Waals surface area (Å²) in [6.07, 6.45) is 1.71. The molecule has 1 unspecified atom stereocenters. The fourth-order valence-corrected chi connectivity index (χ4v) is 2.22. The van der Waals surface area contributed by atoms with Gasteiger partial charge in [0.1, 0.15) is 12.1 Å². The van der Waals surface area contributed by atoms with Crippen molar-refractivity contribution in [1.82, 2.24) is 14.9 Å². The first-order chi connectivity index (χ1) is 9.24. The summed E-state index contributed by atoms with van der Waals surface area (Å²) in [5.74, 6) is 1.42. The lowest BCUT2D eigenvalue weighted by atomic mass is 10.2. The van der Waals surface area contributed by atoms with Gasteiger partial charge in [0.2, 0.25) is 5.88 Å². The van der Waals surface area contributed by atoms with Gasteiger partial charge in [-0.2, -0.15) is 0 Å². The molecule has 0 saturated carbocycles. The first-order valence-corrected chi connectivity index (χ1v) is 6.68. The van der Waals surface area contributed by atoms with Gasteiger partial charge in [0.15, 0.2) is 0 Å². The maximum Gasteiger partial charge on any atom is 0.221 e. The summed E-state index contributed by atoms with van der Waals surface area (Å²) in [4.78, 5) is 10.7. The molecule has 2 heterocycles. The van der Waals surface area contributed by atoms with Crippen LogP contribution in [0.2, 0.25) is 0 Å². The van der Waals surface area contributed by atoms with Crippen molar-refractivity contribution in [2.24, 2.45) is 0 Å². The Morgan fingerprint density at radius 3 is 3.11 bits per heavy atom. The van der Waals surface area contributed by atoms with E-state index in [1.54, 1.807) is 7.11 Å². The van der Waals surface area contributed by atoms with Crippen molar-refractivity contribution in [3.8, 4) is 5.88 Å². The van der Waals surface area contributed by atoms with Crippen LogP contribution in [0.5, 0.6) is 5.88 Å². The number of nitrogens with zero attached hydrogens (tertiary/aromatic N) is 3. The Morgan fingerprint density at radius 1 is 1.53 bits per heavy atom. The van der Waals surface area contributed by atoms with E-state index in [0.717, 1.165) is 44.2 Å². The van der Waals surface area contributed by atoms with E-state index >= 15 is 0 Å². The Morgan fingerprint density at radius 2 is 2.37 bits per heavy atom. The second kappa shape index (κ2) is 6.68. The lowest BCUT2D eigenvalue weighted by molar-refractivity contribution is -0.0192. The zero-order chi connectivity index (χ0) is 13.7. The third kappa shape index (κ3) is 3.54. The molecule has 1 aromatic heterocycles. The van der Waals surface area contributed by atoms with E-state index < -0.39 is 0 Å². The van der Waals surface area contributed by atoms with Crippen LogP contribution in [0.3, 0.4) is 0 Å². The minimum Gasteiger partial charge on any atom is -0.481 e. The number of ether oxygens (including phenoxy) is 2. The van der Waals surface area contributed by atoms with Crippen LogP contribution in [0.1, 0.15) is 12.5 Å². The van der Waals surface area contributed by atoms with Crippen molar-refractivity contribution in [3.63, 3.8) is 0 Å². The average Bonchev–Trinajstić information content (AvgIpc) is 2.46. The minimum atomic E-state index is 0.203. The first-order valence-electron chi connectivity index (χ1n) is 6.68. The molecular weight excluding hydrogens is 244 g/mol. The standard InChI is InChI=1S/C13H22N4O2/c1-4-17-5-6-19-11(8-17)7-14-12-10(2)13(18-3)16-9-15-12/h9,11H,4-8H2,1-3H3,(H,14,15,16). The predicted octanol–water partition coefficient (Wildman–Crippen LogP) is 0.926. The Hall–Kier alpha value is -1.40. The van der Waals surface area contributed by atoms with Crippen LogP contribution in [-0.2, 0) is 4.74 Å². The van der Waals surface area contributed by atoms with Crippen LogP contribution in [0.25, 0.3) is 0 Å². The van der Waals surface area contributed by atoms with Crippen LogP contribution in [-0.4, -0.2) is 60.9 Å². The van der Waals surface area contributed by atoms with Gasteiger partial charge in [0.05, 0.1) is 25.4 Å². The topological polar surface area (TPSA) is 59.5 Å². The molecule has 0 aromatic carbocycles. The molecule has 0 radical (unpaired) electrons. The minimum absolute atomic E-state index is 0.203. The van der Waals surface area contributed by atoms with Crippen LogP contribution < -0.4 is 10.1 Å². The zero-order valence-electron chi connectivity index (χ0n) is 11.8. The van der Waals surface area contributed by atoms with Crippen LogP contribution >= 0.6 is 0 Å². The molecule has 1 aromatic rings. The molecule has 2 rings (SSSR count). The smallest absolute Gasteiger partial charge is 0.221 e. The van der Waals surface area contributed by atoms with Crippen LogP contribution in [0.15, 0.2) is 6.33 Å². The lowest BCUT2D eigenvalue weighted by Gasteiger charge is -2.32. The second-order valence-electron chi connectivity index (χ2n) is 4.62. The van der Waals surface area contributed by atoms with Crippen molar-refractivity contribution in [3.05, 3.63) is 11.9 Å². The number of hydrogen-bond donors (Lipinski definition) is 1. The Labute approximate surface area is 114 Å². The maximum absolute atomic E-state index is 5.75. The molecule has 1 saturated heterocycles. The van der Waals surface area contributed by atoms with E-state index in [1.807, 2.05) is 6.92 Å². The highest BCUT2D eigenvalue weighted by Gasteiger charge is 2.19. The number of methoxy groups -OCH3 is 1. The predicted molar refractivity (Wildman–Crippen MR) is 73.7 cm³/mol.